The number of anilines is 1. The number of rotatable bonds is 5. The van der Waals surface area contributed by atoms with Gasteiger partial charge in [0, 0.05) is 48.1 Å². The predicted octanol–water partition coefficient (Wildman–Crippen LogP) is 2.31. The van der Waals surface area contributed by atoms with E-state index in [0.717, 1.165) is 27.9 Å². The van der Waals surface area contributed by atoms with E-state index in [1.165, 1.54) is 0 Å². The minimum Gasteiger partial charge on any atom is -0.496 e. The molecule has 0 unspecified atom stereocenters. The molecule has 0 saturated carbocycles. The summed E-state index contributed by atoms with van der Waals surface area (Å²) in [5.74, 6) is 1.45. The Morgan fingerprint density at radius 1 is 1.30 bits per heavy atom. The molecule has 106 valence electrons. The second-order valence-corrected chi connectivity index (χ2v) is 5.24. The molecule has 5 nitrogen and oxygen atoms in total. The Balaban J connectivity index is 2.32. The van der Waals surface area contributed by atoms with Crippen LogP contribution in [-0.4, -0.2) is 37.2 Å². The van der Waals surface area contributed by atoms with E-state index in [2.05, 4.69) is 25.9 Å². The molecule has 0 amide bonds. The zero-order valence-electron chi connectivity index (χ0n) is 11.5. The molecule has 0 aliphatic heterocycles. The quantitative estimate of drug-likeness (QED) is 0.907. The highest BCUT2D eigenvalue weighted by Gasteiger charge is 2.09. The molecular weight excluding hydrogens is 320 g/mol. The first-order valence-corrected chi connectivity index (χ1v) is 7.02. The number of benzene rings is 1. The molecule has 0 bridgehead atoms. The van der Waals surface area contributed by atoms with E-state index >= 15 is 0 Å². The summed E-state index contributed by atoms with van der Waals surface area (Å²) in [5.41, 5.74) is 7.39. The van der Waals surface area contributed by atoms with Crippen LogP contribution in [0.5, 0.6) is 5.75 Å². The lowest BCUT2D eigenvalue weighted by atomic mass is 10.1. The first-order valence-electron chi connectivity index (χ1n) is 6.23. The number of hydrogen-bond donors (Lipinski definition) is 1. The Labute approximate surface area is 126 Å². The van der Waals surface area contributed by atoms with Crippen LogP contribution in [0.15, 0.2) is 35.1 Å². The minimum absolute atomic E-state index is 0.571. The molecule has 1 heterocycles. The van der Waals surface area contributed by atoms with Gasteiger partial charge in [-0.2, -0.15) is 0 Å². The number of nitrogens with zero attached hydrogens (tertiary/aromatic N) is 3. The van der Waals surface area contributed by atoms with Gasteiger partial charge in [0.2, 0.25) is 5.95 Å². The Morgan fingerprint density at radius 2 is 2.00 bits per heavy atom. The van der Waals surface area contributed by atoms with E-state index in [1.807, 2.05) is 30.1 Å². The fraction of sp³-hybridized carbons (Fsp3) is 0.286. The van der Waals surface area contributed by atoms with Crippen LogP contribution in [-0.2, 0) is 0 Å². The van der Waals surface area contributed by atoms with E-state index in [9.17, 15) is 0 Å². The second-order valence-electron chi connectivity index (χ2n) is 4.33. The number of halogens is 1. The van der Waals surface area contributed by atoms with Gasteiger partial charge in [-0.3, -0.25) is 0 Å². The van der Waals surface area contributed by atoms with Crippen molar-refractivity contribution in [3.63, 3.8) is 0 Å². The van der Waals surface area contributed by atoms with Gasteiger partial charge in [-0.15, -0.1) is 0 Å². The fourth-order valence-electron chi connectivity index (χ4n) is 1.86. The maximum atomic E-state index is 5.52. The van der Waals surface area contributed by atoms with Gasteiger partial charge in [-0.05, 0) is 18.2 Å². The van der Waals surface area contributed by atoms with Gasteiger partial charge in [0.25, 0.3) is 0 Å². The summed E-state index contributed by atoms with van der Waals surface area (Å²) in [6.45, 7) is 1.29. The first kappa shape index (κ1) is 14.7. The summed E-state index contributed by atoms with van der Waals surface area (Å²) < 4.78 is 6.35. The molecule has 0 radical (unpaired) electrons. The Morgan fingerprint density at radius 3 is 2.60 bits per heavy atom. The Kier molecular flexibility index (Phi) is 4.92. The highest BCUT2D eigenvalue weighted by molar-refractivity contribution is 9.10. The van der Waals surface area contributed by atoms with Gasteiger partial charge >= 0.3 is 0 Å². The van der Waals surface area contributed by atoms with Crippen LogP contribution in [0.3, 0.4) is 0 Å². The number of likely N-dealkylation sites (N-methyl/N-ethyl adjacent to an activating group) is 1. The molecule has 0 aliphatic rings. The van der Waals surface area contributed by atoms with Gasteiger partial charge in [0.1, 0.15) is 5.75 Å². The van der Waals surface area contributed by atoms with Crippen molar-refractivity contribution in [2.45, 2.75) is 0 Å². The second kappa shape index (κ2) is 6.67. The van der Waals surface area contributed by atoms with E-state index in [4.69, 9.17) is 10.5 Å². The number of aromatic nitrogens is 2. The van der Waals surface area contributed by atoms with Crippen molar-refractivity contribution in [3.05, 3.63) is 35.1 Å². The first-order chi connectivity index (χ1) is 9.65. The van der Waals surface area contributed by atoms with E-state index < -0.39 is 0 Å². The Hall–Kier alpha value is -1.66. The third-order valence-electron chi connectivity index (χ3n) is 2.92. The third kappa shape index (κ3) is 3.26. The van der Waals surface area contributed by atoms with Crippen LogP contribution in [0.2, 0.25) is 0 Å². The minimum atomic E-state index is 0.571. The summed E-state index contributed by atoms with van der Waals surface area (Å²) in [7, 11) is 3.57. The molecule has 20 heavy (non-hydrogen) atoms. The summed E-state index contributed by atoms with van der Waals surface area (Å²) in [6, 6.07) is 5.83. The molecule has 0 aliphatic carbocycles. The van der Waals surface area contributed by atoms with Crippen molar-refractivity contribution in [2.75, 3.05) is 32.1 Å². The van der Waals surface area contributed by atoms with Crippen LogP contribution in [0, 0.1) is 0 Å². The van der Waals surface area contributed by atoms with Crippen LogP contribution in [0.1, 0.15) is 0 Å². The van der Waals surface area contributed by atoms with Gasteiger partial charge in [-0.1, -0.05) is 15.9 Å². The zero-order chi connectivity index (χ0) is 14.5. The van der Waals surface area contributed by atoms with Crippen molar-refractivity contribution >= 4 is 21.9 Å². The zero-order valence-corrected chi connectivity index (χ0v) is 13.1. The molecule has 1 aromatic carbocycles. The van der Waals surface area contributed by atoms with E-state index in [-0.39, 0.29) is 0 Å². The van der Waals surface area contributed by atoms with Crippen molar-refractivity contribution in [3.8, 4) is 16.9 Å². The summed E-state index contributed by atoms with van der Waals surface area (Å²) in [6.07, 6.45) is 3.58. The number of hydrogen-bond acceptors (Lipinski definition) is 5. The predicted molar refractivity (Wildman–Crippen MR) is 84.0 cm³/mol. The van der Waals surface area contributed by atoms with Gasteiger partial charge in [-0.25, -0.2) is 9.97 Å². The Bertz CT molecular complexity index is 574. The molecule has 0 saturated heterocycles. The molecule has 0 atom stereocenters. The van der Waals surface area contributed by atoms with Crippen molar-refractivity contribution in [1.82, 2.24) is 9.97 Å². The summed E-state index contributed by atoms with van der Waals surface area (Å²) in [5, 5.41) is 0. The number of ether oxygens (including phenoxy) is 1. The van der Waals surface area contributed by atoms with Gasteiger partial charge < -0.3 is 15.4 Å². The highest BCUT2D eigenvalue weighted by Crippen LogP contribution is 2.32. The molecule has 1 aromatic heterocycles. The largest absolute Gasteiger partial charge is 0.496 e. The van der Waals surface area contributed by atoms with Crippen LogP contribution in [0.4, 0.5) is 5.95 Å². The normalized spacial score (nSPS) is 10.4. The van der Waals surface area contributed by atoms with Crippen molar-refractivity contribution in [2.24, 2.45) is 5.73 Å². The van der Waals surface area contributed by atoms with Gasteiger partial charge in [0.15, 0.2) is 0 Å². The maximum absolute atomic E-state index is 5.52. The molecule has 2 aromatic rings. The lowest BCUT2D eigenvalue weighted by molar-refractivity contribution is 0.416. The lowest BCUT2D eigenvalue weighted by Gasteiger charge is -2.16. The standard InChI is InChI=1S/C14H17BrN4O/c1-19(6-5-16)14-17-8-10(9-18-14)12-7-11(15)3-4-13(12)20-2/h3-4,7-9H,5-6,16H2,1-2H3. The SMILES string of the molecule is COc1ccc(Br)cc1-c1cnc(N(C)CCN)nc1. The molecule has 0 fully saturated rings. The van der Waals surface area contributed by atoms with Crippen LogP contribution < -0.4 is 15.4 Å². The summed E-state index contributed by atoms with van der Waals surface area (Å²) >= 11 is 3.46. The van der Waals surface area contributed by atoms with Crippen molar-refractivity contribution < 1.29 is 4.74 Å². The van der Waals surface area contributed by atoms with Crippen molar-refractivity contribution in [1.29, 1.82) is 0 Å². The molecular formula is C14H17BrN4O. The topological polar surface area (TPSA) is 64.3 Å². The monoisotopic (exact) mass is 336 g/mol. The van der Waals surface area contributed by atoms with E-state index in [0.29, 0.717) is 12.5 Å². The third-order valence-corrected chi connectivity index (χ3v) is 3.41. The molecule has 2 N–H and O–H groups in total. The smallest absolute Gasteiger partial charge is 0.225 e. The lowest BCUT2D eigenvalue weighted by Crippen LogP contribution is -2.26. The van der Waals surface area contributed by atoms with Crippen LogP contribution in [0.25, 0.3) is 11.1 Å². The molecule has 0 spiro atoms. The molecule has 6 heteroatoms. The molecule has 2 rings (SSSR count). The van der Waals surface area contributed by atoms with E-state index in [1.54, 1.807) is 19.5 Å². The fourth-order valence-corrected chi connectivity index (χ4v) is 2.22. The number of methoxy groups -OCH3 is 1. The average Bonchev–Trinajstić information content (AvgIpc) is 2.47. The highest BCUT2D eigenvalue weighted by atomic mass is 79.9. The maximum Gasteiger partial charge on any atom is 0.225 e. The number of nitrogens with two attached hydrogens (primary N) is 1. The van der Waals surface area contributed by atoms with Crippen LogP contribution >= 0.6 is 15.9 Å². The summed E-state index contributed by atoms with van der Waals surface area (Å²) in [4.78, 5) is 10.7. The average molecular weight is 337 g/mol. The van der Waals surface area contributed by atoms with Gasteiger partial charge in [0.05, 0.1) is 7.11 Å².